The number of carbonyl (C=O) groups is 2. The van der Waals surface area contributed by atoms with Crippen molar-refractivity contribution in [2.75, 3.05) is 19.5 Å². The van der Waals surface area contributed by atoms with Gasteiger partial charge in [-0.2, -0.15) is 0 Å². The number of furan rings is 1. The van der Waals surface area contributed by atoms with Crippen LogP contribution in [0.3, 0.4) is 0 Å². The highest BCUT2D eigenvalue weighted by molar-refractivity contribution is 6.03. The van der Waals surface area contributed by atoms with Crippen LogP contribution in [0, 0.1) is 0 Å². The van der Waals surface area contributed by atoms with E-state index in [2.05, 4.69) is 5.32 Å². The number of amides is 1. The minimum absolute atomic E-state index is 0.0903. The molecule has 1 amide bonds. The molecule has 7 heteroatoms. The third-order valence-corrected chi connectivity index (χ3v) is 2.71. The Bertz CT molecular complexity index is 676. The van der Waals surface area contributed by atoms with Crippen LogP contribution < -0.4 is 14.8 Å². The van der Waals surface area contributed by atoms with Crippen molar-refractivity contribution in [3.63, 3.8) is 0 Å². The fraction of sp³-hybridized carbons (Fsp3) is 0.143. The van der Waals surface area contributed by atoms with E-state index < -0.39 is 11.9 Å². The number of carboxylic acid groups (broad SMARTS) is 1. The predicted octanol–water partition coefficient (Wildman–Crippen LogP) is 2.25. The molecule has 1 aromatic heterocycles. The normalized spacial score (nSPS) is 10.0. The molecule has 7 nitrogen and oxygen atoms in total. The van der Waals surface area contributed by atoms with Gasteiger partial charge in [0.25, 0.3) is 5.91 Å². The molecule has 0 fully saturated rings. The lowest BCUT2D eigenvalue weighted by molar-refractivity contribution is 0.0696. The van der Waals surface area contributed by atoms with Gasteiger partial charge in [0.05, 0.1) is 19.8 Å². The summed E-state index contributed by atoms with van der Waals surface area (Å²) in [6.07, 6.45) is 1.01. The first-order valence-corrected chi connectivity index (χ1v) is 5.90. The molecule has 21 heavy (non-hydrogen) atoms. The zero-order valence-corrected chi connectivity index (χ0v) is 11.4. The number of benzene rings is 1. The smallest absolute Gasteiger partial charge is 0.338 e. The second kappa shape index (κ2) is 6.00. The second-order valence-electron chi connectivity index (χ2n) is 4.03. The maximum Gasteiger partial charge on any atom is 0.338 e. The number of anilines is 1. The summed E-state index contributed by atoms with van der Waals surface area (Å²) in [7, 11) is 2.99. The zero-order chi connectivity index (χ0) is 15.4. The Morgan fingerprint density at radius 1 is 1.14 bits per heavy atom. The van der Waals surface area contributed by atoms with Crippen molar-refractivity contribution in [1.29, 1.82) is 0 Å². The number of carbonyl (C=O) groups excluding carboxylic acids is 1. The lowest BCUT2D eigenvalue weighted by Crippen LogP contribution is -2.11. The molecule has 110 valence electrons. The third-order valence-electron chi connectivity index (χ3n) is 2.71. The van der Waals surface area contributed by atoms with Crippen LogP contribution in [0.4, 0.5) is 5.69 Å². The SMILES string of the molecule is COc1ccc(NC(=O)c2cc(C(=O)O)co2)cc1OC. The number of aromatic carboxylic acids is 1. The van der Waals surface area contributed by atoms with E-state index in [1.54, 1.807) is 18.2 Å². The van der Waals surface area contributed by atoms with E-state index in [0.717, 1.165) is 12.3 Å². The molecule has 2 rings (SSSR count). The molecule has 0 aliphatic rings. The average Bonchev–Trinajstić information content (AvgIpc) is 2.97. The van der Waals surface area contributed by atoms with Gasteiger partial charge in [0.15, 0.2) is 17.3 Å². The van der Waals surface area contributed by atoms with Crippen molar-refractivity contribution in [2.45, 2.75) is 0 Å². The first-order chi connectivity index (χ1) is 10.0. The Kier molecular flexibility index (Phi) is 4.13. The van der Waals surface area contributed by atoms with Gasteiger partial charge in [-0.25, -0.2) is 4.79 Å². The van der Waals surface area contributed by atoms with Crippen molar-refractivity contribution >= 4 is 17.6 Å². The van der Waals surface area contributed by atoms with Crippen LogP contribution in [0.25, 0.3) is 0 Å². The maximum absolute atomic E-state index is 11.9. The van der Waals surface area contributed by atoms with Crippen LogP contribution in [0.2, 0.25) is 0 Å². The quantitative estimate of drug-likeness (QED) is 0.876. The molecule has 2 aromatic rings. The van der Waals surface area contributed by atoms with Gasteiger partial charge in [0.2, 0.25) is 0 Å². The maximum atomic E-state index is 11.9. The summed E-state index contributed by atoms with van der Waals surface area (Å²) in [6, 6.07) is 6.00. The summed E-state index contributed by atoms with van der Waals surface area (Å²) >= 11 is 0. The Balaban J connectivity index is 2.17. The lowest BCUT2D eigenvalue weighted by Gasteiger charge is -2.09. The van der Waals surface area contributed by atoms with Gasteiger partial charge in [0, 0.05) is 17.8 Å². The molecule has 0 radical (unpaired) electrons. The standard InChI is InChI=1S/C14H13NO6/c1-19-10-4-3-9(6-11(10)20-2)15-13(16)12-5-8(7-21-12)14(17)18/h3-7H,1-2H3,(H,15,16)(H,17,18). The van der Waals surface area contributed by atoms with Gasteiger partial charge in [0.1, 0.15) is 6.26 Å². The molecule has 0 spiro atoms. The van der Waals surface area contributed by atoms with Crippen molar-refractivity contribution < 1.29 is 28.6 Å². The van der Waals surface area contributed by atoms with E-state index in [1.165, 1.54) is 14.2 Å². The minimum Gasteiger partial charge on any atom is -0.493 e. The number of hydrogen-bond acceptors (Lipinski definition) is 5. The number of methoxy groups -OCH3 is 2. The molecule has 0 saturated carbocycles. The molecule has 2 N–H and O–H groups in total. The van der Waals surface area contributed by atoms with Gasteiger partial charge >= 0.3 is 5.97 Å². The van der Waals surface area contributed by atoms with Gasteiger partial charge in [-0.3, -0.25) is 4.79 Å². The highest BCUT2D eigenvalue weighted by Gasteiger charge is 2.15. The zero-order valence-electron chi connectivity index (χ0n) is 11.4. The molecular formula is C14H13NO6. The van der Waals surface area contributed by atoms with Crippen molar-refractivity contribution in [3.05, 3.63) is 41.9 Å². The van der Waals surface area contributed by atoms with Gasteiger partial charge < -0.3 is 24.3 Å². The van der Waals surface area contributed by atoms with Crippen LogP contribution >= 0.6 is 0 Å². The van der Waals surface area contributed by atoms with Gasteiger partial charge in [-0.05, 0) is 12.1 Å². The van der Waals surface area contributed by atoms with E-state index in [9.17, 15) is 9.59 Å². The molecule has 1 aromatic carbocycles. The molecule has 0 unspecified atom stereocenters. The lowest BCUT2D eigenvalue weighted by atomic mass is 10.2. The van der Waals surface area contributed by atoms with E-state index >= 15 is 0 Å². The van der Waals surface area contributed by atoms with Gasteiger partial charge in [-0.15, -0.1) is 0 Å². The number of ether oxygens (including phenoxy) is 2. The third kappa shape index (κ3) is 3.14. The first kappa shape index (κ1) is 14.4. The van der Waals surface area contributed by atoms with E-state index in [4.69, 9.17) is 19.0 Å². The molecule has 0 saturated heterocycles. The fourth-order valence-electron chi connectivity index (χ4n) is 1.67. The van der Waals surface area contributed by atoms with Crippen molar-refractivity contribution in [2.24, 2.45) is 0 Å². The molecule has 0 atom stereocenters. The molecule has 0 aliphatic heterocycles. The monoisotopic (exact) mass is 291 g/mol. The Labute approximate surface area is 120 Å². The van der Waals surface area contributed by atoms with Crippen LogP contribution in [-0.2, 0) is 0 Å². The molecular weight excluding hydrogens is 278 g/mol. The number of carboxylic acids is 1. The Morgan fingerprint density at radius 3 is 2.43 bits per heavy atom. The average molecular weight is 291 g/mol. The molecule has 0 bridgehead atoms. The largest absolute Gasteiger partial charge is 0.493 e. The van der Waals surface area contributed by atoms with Gasteiger partial charge in [-0.1, -0.05) is 0 Å². The summed E-state index contributed by atoms with van der Waals surface area (Å²) < 4.78 is 15.1. The fourth-order valence-corrected chi connectivity index (χ4v) is 1.67. The summed E-state index contributed by atoms with van der Waals surface area (Å²) in [4.78, 5) is 22.7. The number of hydrogen-bond donors (Lipinski definition) is 2. The summed E-state index contributed by atoms with van der Waals surface area (Å²) in [5.74, 6) is -0.830. The van der Waals surface area contributed by atoms with Crippen molar-refractivity contribution in [1.82, 2.24) is 0 Å². The van der Waals surface area contributed by atoms with Crippen LogP contribution in [0.5, 0.6) is 11.5 Å². The predicted molar refractivity (Wildman–Crippen MR) is 73.2 cm³/mol. The van der Waals surface area contributed by atoms with Crippen molar-refractivity contribution in [3.8, 4) is 11.5 Å². The van der Waals surface area contributed by atoms with Crippen LogP contribution in [0.15, 0.2) is 34.9 Å². The Morgan fingerprint density at radius 2 is 1.86 bits per heavy atom. The number of rotatable bonds is 5. The molecule has 0 aliphatic carbocycles. The second-order valence-corrected chi connectivity index (χ2v) is 4.03. The Hall–Kier alpha value is -2.96. The summed E-state index contributed by atoms with van der Waals surface area (Å²) in [5, 5.41) is 11.3. The minimum atomic E-state index is -1.16. The first-order valence-electron chi connectivity index (χ1n) is 5.90. The van der Waals surface area contributed by atoms with E-state index in [-0.39, 0.29) is 11.3 Å². The molecule has 1 heterocycles. The van der Waals surface area contributed by atoms with E-state index in [1.807, 2.05) is 0 Å². The van der Waals surface area contributed by atoms with E-state index in [0.29, 0.717) is 17.2 Å². The summed E-state index contributed by atoms with van der Waals surface area (Å²) in [5.41, 5.74) is 0.374. The summed E-state index contributed by atoms with van der Waals surface area (Å²) in [6.45, 7) is 0. The number of nitrogens with one attached hydrogen (secondary N) is 1. The van der Waals surface area contributed by atoms with Crippen LogP contribution in [0.1, 0.15) is 20.9 Å². The topological polar surface area (TPSA) is 98.0 Å². The highest BCUT2D eigenvalue weighted by Crippen LogP contribution is 2.29. The van der Waals surface area contributed by atoms with Crippen LogP contribution in [-0.4, -0.2) is 31.2 Å². The highest BCUT2D eigenvalue weighted by atomic mass is 16.5.